The zero-order valence-corrected chi connectivity index (χ0v) is 15.2. The van der Waals surface area contributed by atoms with E-state index in [1.807, 2.05) is 0 Å². The highest BCUT2D eigenvalue weighted by Gasteiger charge is 2.37. The normalized spacial score (nSPS) is 17.6. The quantitative estimate of drug-likeness (QED) is 0.573. The summed E-state index contributed by atoms with van der Waals surface area (Å²) in [7, 11) is 0. The maximum Gasteiger partial charge on any atom is 0.0723 e. The van der Waals surface area contributed by atoms with Gasteiger partial charge in [0.2, 0.25) is 0 Å². The highest BCUT2D eigenvalue weighted by atomic mass is 14.8. The zero-order valence-electron chi connectivity index (χ0n) is 15.2. The number of hydrogen-bond donors (Lipinski definition) is 0. The maximum absolute atomic E-state index is 4.89. The van der Waals surface area contributed by atoms with Gasteiger partial charge in [-0.25, -0.2) is 0 Å². The Morgan fingerprint density at radius 2 is 1.22 bits per heavy atom. The van der Waals surface area contributed by atoms with E-state index in [2.05, 4.69) is 103 Å². The first kappa shape index (κ1) is 16.0. The Labute approximate surface area is 160 Å². The van der Waals surface area contributed by atoms with Crippen LogP contribution in [0.15, 0.2) is 119 Å². The lowest BCUT2D eigenvalue weighted by Crippen LogP contribution is -2.29. The van der Waals surface area contributed by atoms with E-state index in [1.54, 1.807) is 0 Å². The van der Waals surface area contributed by atoms with Gasteiger partial charge in [0, 0.05) is 16.6 Å². The molecular weight excluding hydrogens is 326 g/mol. The minimum Gasteiger partial charge on any atom is -0.280 e. The van der Waals surface area contributed by atoms with Gasteiger partial charge in [0.15, 0.2) is 0 Å². The van der Waals surface area contributed by atoms with Crippen LogP contribution < -0.4 is 0 Å². The van der Waals surface area contributed by atoms with Crippen molar-refractivity contribution < 1.29 is 0 Å². The van der Waals surface area contributed by atoms with Gasteiger partial charge in [0.1, 0.15) is 0 Å². The first-order valence-electron chi connectivity index (χ1n) is 9.49. The van der Waals surface area contributed by atoms with Crippen molar-refractivity contribution in [2.75, 3.05) is 6.54 Å². The van der Waals surface area contributed by atoms with E-state index in [4.69, 9.17) is 4.99 Å². The molecule has 1 nitrogen and oxygen atoms in total. The van der Waals surface area contributed by atoms with Gasteiger partial charge in [0.25, 0.3) is 0 Å². The van der Waals surface area contributed by atoms with Crippen LogP contribution >= 0.6 is 0 Å². The molecule has 0 bridgehead atoms. The van der Waals surface area contributed by atoms with Crippen LogP contribution in [0.25, 0.3) is 0 Å². The Morgan fingerprint density at radius 1 is 0.667 bits per heavy atom. The molecule has 0 amide bonds. The predicted molar refractivity (Wildman–Crippen MR) is 112 cm³/mol. The Bertz CT molecular complexity index is 1000. The van der Waals surface area contributed by atoms with Crippen LogP contribution in [0.1, 0.15) is 23.1 Å². The van der Waals surface area contributed by atoms with Crippen LogP contribution in [0.4, 0.5) is 0 Å². The molecule has 3 aromatic carbocycles. The van der Waals surface area contributed by atoms with Crippen LogP contribution in [0, 0.1) is 0 Å². The van der Waals surface area contributed by atoms with E-state index >= 15 is 0 Å². The zero-order chi connectivity index (χ0) is 18.1. The minimum atomic E-state index is -0.122. The number of hydrogen-bond acceptors (Lipinski definition) is 1. The van der Waals surface area contributed by atoms with Gasteiger partial charge in [-0.1, -0.05) is 103 Å². The Balaban J connectivity index is 1.59. The molecule has 0 unspecified atom stereocenters. The second-order valence-electron chi connectivity index (χ2n) is 7.26. The van der Waals surface area contributed by atoms with Crippen LogP contribution in [0.2, 0.25) is 0 Å². The first-order valence-corrected chi connectivity index (χ1v) is 9.49. The molecule has 0 spiro atoms. The molecule has 0 saturated carbocycles. The van der Waals surface area contributed by atoms with Crippen molar-refractivity contribution in [3.05, 3.63) is 131 Å². The maximum atomic E-state index is 4.89. The Hall–Kier alpha value is -3.19. The standard InChI is InChI=1S/C26H21N/c1-4-10-20(11-5-1)25-24-16-17-26(18-21(24)19-27-25,22-12-6-2-7-13-22)23-14-8-3-9-15-23/h1-17H,18-19H2. The molecule has 0 radical (unpaired) electrons. The molecule has 0 N–H and O–H groups in total. The van der Waals surface area contributed by atoms with Gasteiger partial charge in [-0.3, -0.25) is 4.99 Å². The topological polar surface area (TPSA) is 12.4 Å². The molecular formula is C26H21N. The average Bonchev–Trinajstić information content (AvgIpc) is 3.18. The largest absolute Gasteiger partial charge is 0.280 e. The summed E-state index contributed by atoms with van der Waals surface area (Å²) in [6.07, 6.45) is 5.67. The molecule has 130 valence electrons. The number of benzene rings is 3. The van der Waals surface area contributed by atoms with E-state index in [0.29, 0.717) is 0 Å². The molecule has 1 heteroatoms. The summed E-state index contributed by atoms with van der Waals surface area (Å²) in [5, 5.41) is 0. The van der Waals surface area contributed by atoms with Crippen molar-refractivity contribution in [1.29, 1.82) is 0 Å². The van der Waals surface area contributed by atoms with E-state index in [0.717, 1.165) is 18.7 Å². The molecule has 1 aliphatic carbocycles. The van der Waals surface area contributed by atoms with Crippen molar-refractivity contribution in [2.45, 2.75) is 11.8 Å². The van der Waals surface area contributed by atoms with Crippen LogP contribution in [-0.4, -0.2) is 12.3 Å². The average molecular weight is 347 g/mol. The molecule has 0 fully saturated rings. The van der Waals surface area contributed by atoms with Crippen molar-refractivity contribution in [3.8, 4) is 0 Å². The van der Waals surface area contributed by atoms with E-state index in [1.165, 1.54) is 27.8 Å². The fraction of sp³-hybridized carbons (Fsp3) is 0.115. The van der Waals surface area contributed by atoms with Gasteiger partial charge in [-0.2, -0.15) is 0 Å². The van der Waals surface area contributed by atoms with Gasteiger partial charge in [-0.05, 0) is 23.1 Å². The fourth-order valence-electron chi connectivity index (χ4n) is 4.36. The van der Waals surface area contributed by atoms with Gasteiger partial charge in [-0.15, -0.1) is 0 Å². The summed E-state index contributed by atoms with van der Waals surface area (Å²) in [4.78, 5) is 4.89. The molecule has 0 aromatic heterocycles. The van der Waals surface area contributed by atoms with Gasteiger partial charge < -0.3 is 0 Å². The molecule has 1 aliphatic heterocycles. The van der Waals surface area contributed by atoms with Crippen LogP contribution in [0.5, 0.6) is 0 Å². The van der Waals surface area contributed by atoms with Crippen molar-refractivity contribution in [1.82, 2.24) is 0 Å². The minimum absolute atomic E-state index is 0.122. The summed E-state index contributed by atoms with van der Waals surface area (Å²) < 4.78 is 0. The summed E-state index contributed by atoms with van der Waals surface area (Å²) in [6.45, 7) is 0.797. The highest BCUT2D eigenvalue weighted by Crippen LogP contribution is 2.45. The molecule has 0 atom stereocenters. The van der Waals surface area contributed by atoms with Crippen molar-refractivity contribution >= 4 is 5.71 Å². The van der Waals surface area contributed by atoms with E-state index in [9.17, 15) is 0 Å². The first-order chi connectivity index (χ1) is 13.4. The number of rotatable bonds is 3. The second kappa shape index (κ2) is 6.51. The monoisotopic (exact) mass is 347 g/mol. The smallest absolute Gasteiger partial charge is 0.0723 e. The lowest BCUT2D eigenvalue weighted by atomic mass is 9.67. The van der Waals surface area contributed by atoms with Crippen molar-refractivity contribution in [2.24, 2.45) is 4.99 Å². The lowest BCUT2D eigenvalue weighted by molar-refractivity contribution is 0.620. The second-order valence-corrected chi connectivity index (χ2v) is 7.26. The molecule has 27 heavy (non-hydrogen) atoms. The molecule has 2 aliphatic rings. The third-order valence-corrected chi connectivity index (χ3v) is 5.72. The fourth-order valence-corrected chi connectivity index (χ4v) is 4.36. The molecule has 5 rings (SSSR count). The summed E-state index contributed by atoms with van der Waals surface area (Å²) >= 11 is 0. The lowest BCUT2D eigenvalue weighted by Gasteiger charge is -2.35. The number of allylic oxidation sites excluding steroid dienone is 3. The third kappa shape index (κ3) is 2.67. The molecule has 1 heterocycles. The SMILES string of the molecule is C1=CC(c2ccccc2)(c2ccccc2)CC2=C1C(c1ccccc1)=NC2. The summed E-state index contributed by atoms with van der Waals surface area (Å²) in [5.41, 5.74) is 7.64. The van der Waals surface area contributed by atoms with E-state index in [-0.39, 0.29) is 5.41 Å². The molecule has 3 aromatic rings. The summed E-state index contributed by atoms with van der Waals surface area (Å²) in [5.74, 6) is 0. The van der Waals surface area contributed by atoms with Crippen LogP contribution in [-0.2, 0) is 5.41 Å². The summed E-state index contributed by atoms with van der Waals surface area (Å²) in [6, 6.07) is 32.2. The third-order valence-electron chi connectivity index (χ3n) is 5.72. The molecule has 0 saturated heterocycles. The van der Waals surface area contributed by atoms with Gasteiger partial charge >= 0.3 is 0 Å². The van der Waals surface area contributed by atoms with E-state index < -0.39 is 0 Å². The highest BCUT2D eigenvalue weighted by molar-refractivity contribution is 6.16. The number of nitrogens with zero attached hydrogens (tertiary/aromatic N) is 1. The van der Waals surface area contributed by atoms with Crippen molar-refractivity contribution in [3.63, 3.8) is 0 Å². The Kier molecular flexibility index (Phi) is 3.86. The Morgan fingerprint density at radius 3 is 1.81 bits per heavy atom. The predicted octanol–water partition coefficient (Wildman–Crippen LogP) is 5.73. The van der Waals surface area contributed by atoms with Gasteiger partial charge in [0.05, 0.1) is 12.3 Å². The van der Waals surface area contributed by atoms with Crippen LogP contribution in [0.3, 0.4) is 0 Å². The number of aliphatic imine (C=N–C) groups is 1.